The van der Waals surface area contributed by atoms with Crippen LogP contribution in [0.3, 0.4) is 0 Å². The maximum atomic E-state index is 13.2. The van der Waals surface area contributed by atoms with Gasteiger partial charge in [0.2, 0.25) is 11.8 Å². The minimum Gasteiger partial charge on any atom is -0.478 e. The number of carboxylic acid groups (broad SMARTS) is 1. The second kappa shape index (κ2) is 27.9. The molecule has 0 radical (unpaired) electrons. The normalized spacial score (nSPS) is 14.5. The van der Waals surface area contributed by atoms with Gasteiger partial charge in [-0.2, -0.15) is 0 Å². The van der Waals surface area contributed by atoms with Crippen molar-refractivity contribution in [2.45, 2.75) is 140 Å². The molecule has 2 fully saturated rings. The van der Waals surface area contributed by atoms with Crippen LogP contribution in [0, 0.1) is 13.8 Å². The molecule has 2 aliphatic rings. The van der Waals surface area contributed by atoms with Gasteiger partial charge in [0.05, 0.1) is 39.0 Å². The van der Waals surface area contributed by atoms with Crippen molar-refractivity contribution in [3.63, 3.8) is 0 Å². The Morgan fingerprint density at radius 3 is 1.37 bits per heavy atom. The number of nitrogens with zero attached hydrogens (tertiary/aromatic N) is 6. The highest BCUT2D eigenvalue weighted by Crippen LogP contribution is 2.30. The molecule has 8 rings (SSSR count). The van der Waals surface area contributed by atoms with Crippen LogP contribution in [0.1, 0.15) is 135 Å². The minimum atomic E-state index is -3.51. The zero-order valence-electron chi connectivity index (χ0n) is 47.4. The number of hydrogen-bond acceptors (Lipinski definition) is 17. The van der Waals surface area contributed by atoms with Gasteiger partial charge in [-0.25, -0.2) is 41.2 Å². The van der Waals surface area contributed by atoms with E-state index >= 15 is 0 Å². The fourth-order valence-electron chi connectivity index (χ4n) is 8.85. The maximum Gasteiger partial charge on any atom is 0.410 e. The van der Waals surface area contributed by atoms with E-state index in [1.807, 2.05) is 36.7 Å². The number of likely N-dealkylation sites (tertiary alicyclic amines) is 2. The van der Waals surface area contributed by atoms with Gasteiger partial charge in [0, 0.05) is 74.1 Å². The first kappa shape index (κ1) is 62.9. The van der Waals surface area contributed by atoms with E-state index in [1.165, 1.54) is 22.6 Å². The van der Waals surface area contributed by atoms with Gasteiger partial charge in [0.1, 0.15) is 22.7 Å². The lowest BCUT2D eigenvalue weighted by molar-refractivity contribution is 0.0207. The Morgan fingerprint density at radius 2 is 1.01 bits per heavy atom. The van der Waals surface area contributed by atoms with E-state index in [9.17, 15) is 36.0 Å². The Kier molecular flexibility index (Phi) is 21.7. The number of aryl methyl sites for hydroxylation is 3. The number of carbonyl (C=O) groups is 4. The second-order valence-corrected chi connectivity index (χ2v) is 26.6. The number of carboxylic acids is 1. The molecule has 0 saturated carbocycles. The Bertz CT molecular complexity index is 3270. The van der Waals surface area contributed by atoms with Crippen LogP contribution in [0.25, 0.3) is 22.9 Å². The average Bonchev–Trinajstić information content (AvgIpc) is 4.09. The summed E-state index contributed by atoms with van der Waals surface area (Å²) in [4.78, 5) is 68.1. The van der Waals surface area contributed by atoms with Crippen molar-refractivity contribution < 1.29 is 59.4 Å². The molecule has 4 aromatic heterocycles. The second-order valence-electron chi connectivity index (χ2n) is 22.0. The summed E-state index contributed by atoms with van der Waals surface area (Å²) in [5, 5.41) is 7.87. The highest BCUT2D eigenvalue weighted by Gasteiger charge is 2.36. The number of ether oxygens (including phenoxy) is 2. The number of piperidine rings is 2. The lowest BCUT2D eigenvalue weighted by atomic mass is 10.0. The predicted octanol–water partition coefficient (Wildman–Crippen LogP) is 9.81. The van der Waals surface area contributed by atoms with Crippen LogP contribution >= 0.6 is 0 Å². The molecular formula is C59H75N7O13S2. The molecule has 2 aliphatic heterocycles. The van der Waals surface area contributed by atoms with Gasteiger partial charge in [-0.05, 0) is 167 Å². The first-order valence-electron chi connectivity index (χ1n) is 27.0. The quantitative estimate of drug-likeness (QED) is 0.0852. The van der Waals surface area contributed by atoms with Crippen LogP contribution in [0.5, 0.6) is 0 Å². The summed E-state index contributed by atoms with van der Waals surface area (Å²) in [6.07, 6.45) is 10.6. The lowest BCUT2D eigenvalue weighted by Gasteiger charge is -2.33. The third kappa shape index (κ3) is 19.2. The van der Waals surface area contributed by atoms with Gasteiger partial charge < -0.3 is 38.9 Å². The topological polar surface area (TPSA) is 286 Å². The number of Topliss-reactive ketones (excluding diaryl/α,β-unsaturated/α-hetero) is 1. The van der Waals surface area contributed by atoms with Gasteiger partial charge >= 0.3 is 18.2 Å². The van der Waals surface area contributed by atoms with E-state index < -0.39 is 59.5 Å². The van der Waals surface area contributed by atoms with E-state index in [4.69, 9.17) is 29.1 Å². The highest BCUT2D eigenvalue weighted by atomic mass is 32.2. The van der Waals surface area contributed by atoms with Crippen LogP contribution in [-0.2, 0) is 53.5 Å². The number of nitrogens with two attached hydrogens (primary N) is 1. The zero-order chi connectivity index (χ0) is 59.1. The van der Waals surface area contributed by atoms with Gasteiger partial charge in [0.15, 0.2) is 25.5 Å². The Balaban J connectivity index is 0.000000229. The third-order valence-electron chi connectivity index (χ3n) is 13.2. The molecule has 3 N–H and O–H groups in total. The average molecular weight is 1150 g/mol. The van der Waals surface area contributed by atoms with Crippen LogP contribution in [0.2, 0.25) is 0 Å². The molecule has 2 aromatic carbocycles. The number of ketones is 1. The molecule has 2 saturated heterocycles. The molecule has 6 heterocycles. The summed E-state index contributed by atoms with van der Waals surface area (Å²) in [7, 11) is -7.02. The van der Waals surface area contributed by atoms with E-state index in [1.54, 1.807) is 109 Å². The first-order chi connectivity index (χ1) is 38.2. The summed E-state index contributed by atoms with van der Waals surface area (Å²) in [6.45, 7) is 16.1. The SMILES string of the molecule is Cc1oc(-c2ccc(C(=O)CCCc3cccnc3)cc2)nc1CS(=O)(=O)C1CCN(C(=O)OC(C)(C)C)CC1.Cc1oc(-c2ccc(C(=O)O)cc2)nc1CS(=O)(=O)C1CCN(C(=O)OC(C)(C)C)CC1.NCCc1cccnc1. The van der Waals surface area contributed by atoms with Crippen molar-refractivity contribution in [2.75, 3.05) is 32.7 Å². The number of aromatic carboxylic acids is 1. The molecule has 436 valence electrons. The largest absolute Gasteiger partial charge is 0.478 e. The molecular weight excluding hydrogens is 1080 g/mol. The van der Waals surface area contributed by atoms with Crippen LogP contribution < -0.4 is 5.73 Å². The number of rotatable bonds is 16. The molecule has 0 bridgehead atoms. The molecule has 22 heteroatoms. The van der Waals surface area contributed by atoms with Gasteiger partial charge in [0.25, 0.3) is 0 Å². The summed E-state index contributed by atoms with van der Waals surface area (Å²) in [6, 6.07) is 20.9. The van der Waals surface area contributed by atoms with Crippen molar-refractivity contribution >= 4 is 43.6 Å². The Morgan fingerprint density at radius 1 is 0.617 bits per heavy atom. The van der Waals surface area contributed by atoms with E-state index in [0.29, 0.717) is 110 Å². The molecule has 2 amide bonds. The van der Waals surface area contributed by atoms with Gasteiger partial charge in [-0.3, -0.25) is 14.8 Å². The third-order valence-corrected chi connectivity index (χ3v) is 17.6. The number of hydrogen-bond donors (Lipinski definition) is 2. The van der Waals surface area contributed by atoms with E-state index in [0.717, 1.165) is 24.8 Å². The fourth-order valence-corrected chi connectivity index (χ4v) is 12.5. The van der Waals surface area contributed by atoms with Crippen LogP contribution in [0.4, 0.5) is 9.59 Å². The molecule has 6 aromatic rings. The van der Waals surface area contributed by atoms with Gasteiger partial charge in [-0.1, -0.05) is 24.3 Å². The van der Waals surface area contributed by atoms with E-state index in [2.05, 4.69) is 19.9 Å². The highest BCUT2D eigenvalue weighted by molar-refractivity contribution is 7.91. The van der Waals surface area contributed by atoms with Crippen molar-refractivity contribution in [1.29, 1.82) is 0 Å². The molecule has 0 atom stereocenters. The molecule has 0 unspecified atom stereocenters. The summed E-state index contributed by atoms with van der Waals surface area (Å²) in [5.74, 6) is -0.0625. The van der Waals surface area contributed by atoms with Crippen molar-refractivity contribution in [3.8, 4) is 22.9 Å². The first-order valence-corrected chi connectivity index (χ1v) is 30.4. The standard InChI is InChI=1S/C30H37N3O6S.C22H28N2O7S.C7H10N2/c1-21-26(20-40(36,37)25-14-17-33(18-15-25)29(35)39-30(2,3)4)32-28(38-21)24-12-10-23(11-13-24)27(34)9-5-7-22-8-6-16-31-19-22;1-14-18(23-19(30-14)15-5-7-16(8-6-15)20(25)26)13-32(28,29)17-9-11-24(12-10-17)21(27)31-22(2,3)4;8-4-3-7-2-1-5-9-6-7/h6,8,10-13,16,19,25H,5,7,9,14-15,17-18,20H2,1-4H3;5-8,17H,9-13H2,1-4H3,(H,25,26);1-2,5-6H,3-4,8H2. The number of aromatic nitrogens is 4. The Labute approximate surface area is 474 Å². The summed E-state index contributed by atoms with van der Waals surface area (Å²) < 4.78 is 74.6. The van der Waals surface area contributed by atoms with Crippen LogP contribution in [-0.4, -0.2) is 130 Å². The number of sulfone groups is 2. The number of carbonyl (C=O) groups excluding carboxylic acids is 3. The monoisotopic (exact) mass is 1150 g/mol. The maximum absolute atomic E-state index is 13.2. The molecule has 20 nitrogen and oxygen atoms in total. The smallest absolute Gasteiger partial charge is 0.410 e. The number of amides is 2. The minimum absolute atomic E-state index is 0.0588. The fraction of sp³-hybridized carbons (Fsp3) is 0.458. The molecule has 0 spiro atoms. The Hall–Kier alpha value is -7.30. The zero-order valence-corrected chi connectivity index (χ0v) is 49.1. The van der Waals surface area contributed by atoms with E-state index in [-0.39, 0.29) is 28.7 Å². The molecule has 0 aliphatic carbocycles. The van der Waals surface area contributed by atoms with Crippen molar-refractivity contribution in [3.05, 3.63) is 143 Å². The predicted molar refractivity (Wildman–Crippen MR) is 306 cm³/mol. The number of pyridine rings is 2. The molecule has 81 heavy (non-hydrogen) atoms. The van der Waals surface area contributed by atoms with Crippen molar-refractivity contribution in [2.24, 2.45) is 5.73 Å². The summed E-state index contributed by atoms with van der Waals surface area (Å²) >= 11 is 0. The number of oxazole rings is 2. The number of benzene rings is 2. The lowest BCUT2D eigenvalue weighted by Crippen LogP contribution is -2.44. The summed E-state index contributed by atoms with van der Waals surface area (Å²) in [5.41, 5.74) is 9.13. The van der Waals surface area contributed by atoms with Crippen LogP contribution in [0.15, 0.2) is 106 Å². The van der Waals surface area contributed by atoms with Gasteiger partial charge in [-0.15, -0.1) is 0 Å². The van der Waals surface area contributed by atoms with Crippen molar-refractivity contribution in [1.82, 2.24) is 29.7 Å².